The maximum atomic E-state index is 14.3. The van der Waals surface area contributed by atoms with Gasteiger partial charge in [0.1, 0.15) is 11.7 Å². The molecular weight excluding hydrogens is 460 g/mol. The maximum Gasteiger partial charge on any atom is 0.326 e. The van der Waals surface area contributed by atoms with Crippen molar-refractivity contribution in [3.05, 3.63) is 35.9 Å². The average molecular weight is 495 g/mol. The van der Waals surface area contributed by atoms with Gasteiger partial charge in [0, 0.05) is 31.6 Å². The topological polar surface area (TPSA) is 176 Å². The first kappa shape index (κ1) is 29.7. The number of ketones is 1. The molecule has 1 aromatic rings. The molecule has 2 amide bonds. The van der Waals surface area contributed by atoms with Gasteiger partial charge in [0.15, 0.2) is 5.78 Å². The fraction of sp³-hybridized carbons (Fsp3) is 0.542. The van der Waals surface area contributed by atoms with Gasteiger partial charge in [-0.2, -0.15) is 0 Å². The molecule has 0 fully saturated rings. The summed E-state index contributed by atoms with van der Waals surface area (Å²) in [6.45, 7) is 3.87. The third-order valence-corrected chi connectivity index (χ3v) is 5.25. The van der Waals surface area contributed by atoms with Crippen molar-refractivity contribution in [1.29, 1.82) is 0 Å². The minimum absolute atomic E-state index is 0.0472. The summed E-state index contributed by atoms with van der Waals surface area (Å²) in [6.07, 6.45) is -1.24. The molecule has 0 aliphatic heterocycles. The Morgan fingerprint density at radius 1 is 1.00 bits per heavy atom. The lowest BCUT2D eigenvalue weighted by molar-refractivity contribution is -0.142. The van der Waals surface area contributed by atoms with E-state index in [0.717, 1.165) is 0 Å². The van der Waals surface area contributed by atoms with Crippen LogP contribution in [0.4, 0.5) is 4.39 Å². The predicted octanol–water partition coefficient (Wildman–Crippen LogP) is 1.21. The first-order valence-corrected chi connectivity index (χ1v) is 11.3. The average Bonchev–Trinajstić information content (AvgIpc) is 2.75. The van der Waals surface area contributed by atoms with Crippen molar-refractivity contribution in [3.63, 3.8) is 0 Å². The van der Waals surface area contributed by atoms with E-state index in [1.807, 2.05) is 0 Å². The van der Waals surface area contributed by atoms with E-state index in [4.69, 9.17) is 10.8 Å². The van der Waals surface area contributed by atoms with Gasteiger partial charge in [0.2, 0.25) is 11.8 Å². The van der Waals surface area contributed by atoms with Gasteiger partial charge in [-0.1, -0.05) is 37.3 Å². The van der Waals surface area contributed by atoms with Crippen LogP contribution < -0.4 is 16.4 Å². The molecule has 0 aliphatic rings. The van der Waals surface area contributed by atoms with Gasteiger partial charge in [-0.15, -0.1) is 0 Å². The Kier molecular flexibility index (Phi) is 11.5. The molecule has 0 saturated carbocycles. The molecule has 1 rings (SSSR count). The number of carbonyl (C=O) groups is 5. The van der Waals surface area contributed by atoms with Crippen molar-refractivity contribution in [2.24, 2.45) is 11.7 Å². The van der Waals surface area contributed by atoms with E-state index in [1.165, 1.54) is 20.8 Å². The Morgan fingerprint density at radius 3 is 2.09 bits per heavy atom. The van der Waals surface area contributed by atoms with Crippen LogP contribution >= 0.6 is 0 Å². The number of Topliss-reactive ketones (excluding diaryl/α,β-unsaturated/α-hetero) is 1. The Balaban J connectivity index is 2.83. The molecule has 4 atom stereocenters. The summed E-state index contributed by atoms with van der Waals surface area (Å²) >= 11 is 0. The number of halogens is 1. The molecule has 0 radical (unpaired) electrons. The van der Waals surface area contributed by atoms with E-state index in [2.05, 4.69) is 10.6 Å². The van der Waals surface area contributed by atoms with Crippen molar-refractivity contribution in [2.75, 3.05) is 0 Å². The number of nitrogens with two attached hydrogens (primary N) is 1. The van der Waals surface area contributed by atoms with Crippen LogP contribution in [0.15, 0.2) is 30.3 Å². The molecule has 10 nitrogen and oxygen atoms in total. The highest BCUT2D eigenvalue weighted by molar-refractivity contribution is 5.94. The van der Waals surface area contributed by atoms with Crippen LogP contribution in [0.1, 0.15) is 52.0 Å². The van der Waals surface area contributed by atoms with Gasteiger partial charge >= 0.3 is 11.9 Å². The summed E-state index contributed by atoms with van der Waals surface area (Å²) in [6, 6.07) is 4.99. The zero-order valence-corrected chi connectivity index (χ0v) is 20.1. The highest BCUT2D eigenvalue weighted by Gasteiger charge is 2.32. The van der Waals surface area contributed by atoms with Crippen LogP contribution in [0, 0.1) is 5.92 Å². The van der Waals surface area contributed by atoms with Crippen LogP contribution in [0.2, 0.25) is 0 Å². The molecule has 0 saturated heterocycles. The number of amides is 2. The van der Waals surface area contributed by atoms with Gasteiger partial charge in [0.25, 0.3) is 0 Å². The zero-order valence-electron chi connectivity index (χ0n) is 20.1. The van der Waals surface area contributed by atoms with E-state index < -0.39 is 59.2 Å². The standard InChI is InChI=1S/C24H34FN3O7/c1-14(21(32)27-17(23(34)35)12-15-7-5-4-6-8-15)11-19(29)18(13-24(2,3)25)28-22(33)16(26)9-10-20(30)31/h4-8,14,16-18H,9-13,26H2,1-3H3,(H,27,32)(H,28,33)(H,30,31)(H,34,35)/t14-,16+,17+,18+/m1/s1/i25-1. The minimum Gasteiger partial charge on any atom is -0.481 e. The summed E-state index contributed by atoms with van der Waals surface area (Å²) in [5.74, 6) is -5.45. The molecule has 0 bridgehead atoms. The number of nitrogens with one attached hydrogen (secondary N) is 2. The van der Waals surface area contributed by atoms with Gasteiger partial charge in [0.05, 0.1) is 12.1 Å². The van der Waals surface area contributed by atoms with Crippen LogP contribution in [-0.2, 0) is 30.4 Å². The summed E-state index contributed by atoms with van der Waals surface area (Å²) in [7, 11) is 0. The lowest BCUT2D eigenvalue weighted by Gasteiger charge is -2.25. The fourth-order valence-corrected chi connectivity index (χ4v) is 3.32. The lowest BCUT2D eigenvalue weighted by Crippen LogP contribution is -2.51. The predicted molar refractivity (Wildman–Crippen MR) is 125 cm³/mol. The first-order valence-electron chi connectivity index (χ1n) is 11.3. The molecule has 194 valence electrons. The summed E-state index contributed by atoms with van der Waals surface area (Å²) in [5.41, 5.74) is 4.54. The van der Waals surface area contributed by atoms with E-state index in [-0.39, 0.29) is 32.1 Å². The van der Waals surface area contributed by atoms with Crippen LogP contribution in [0.3, 0.4) is 0 Å². The van der Waals surface area contributed by atoms with E-state index in [0.29, 0.717) is 5.56 Å². The number of hydrogen-bond donors (Lipinski definition) is 5. The molecule has 6 N–H and O–H groups in total. The van der Waals surface area contributed by atoms with Crippen LogP contribution in [0.25, 0.3) is 0 Å². The number of carboxylic acid groups (broad SMARTS) is 2. The normalized spacial score (nSPS) is 14.8. The summed E-state index contributed by atoms with van der Waals surface area (Å²) < 4.78 is 14.3. The van der Waals surface area contributed by atoms with E-state index in [1.54, 1.807) is 30.3 Å². The molecule has 35 heavy (non-hydrogen) atoms. The molecule has 11 heteroatoms. The molecule has 0 aromatic heterocycles. The number of carboxylic acids is 2. The van der Waals surface area contributed by atoms with Crippen molar-refractivity contribution in [2.45, 2.75) is 76.7 Å². The van der Waals surface area contributed by atoms with Crippen molar-refractivity contribution in [3.8, 4) is 0 Å². The molecule has 1 aromatic carbocycles. The van der Waals surface area contributed by atoms with E-state index in [9.17, 15) is 33.5 Å². The van der Waals surface area contributed by atoms with Gasteiger partial charge in [-0.05, 0) is 25.8 Å². The number of hydrogen-bond acceptors (Lipinski definition) is 6. The van der Waals surface area contributed by atoms with Gasteiger partial charge < -0.3 is 26.6 Å². The van der Waals surface area contributed by atoms with Gasteiger partial charge in [-0.25, -0.2) is 9.18 Å². The Bertz CT molecular complexity index is 902. The fourth-order valence-electron chi connectivity index (χ4n) is 3.32. The molecule has 0 aliphatic carbocycles. The number of rotatable bonds is 15. The second kappa shape index (κ2) is 13.5. The largest absolute Gasteiger partial charge is 0.481 e. The monoisotopic (exact) mass is 494 g/mol. The van der Waals surface area contributed by atoms with E-state index >= 15 is 0 Å². The smallest absolute Gasteiger partial charge is 0.326 e. The Hall–Kier alpha value is -3.34. The first-order chi connectivity index (χ1) is 16.2. The number of carbonyl (C=O) groups excluding carboxylic acids is 3. The SMILES string of the molecule is C[C@H](CC(=O)[C@H](CC(C)(C)[18F])NC(=O)[C@@H](N)CCC(=O)O)C(=O)N[C@@H](Cc1ccccc1)C(=O)O. The summed E-state index contributed by atoms with van der Waals surface area (Å²) in [4.78, 5) is 60.1. The zero-order chi connectivity index (χ0) is 26.8. The quantitative estimate of drug-likeness (QED) is 0.242. The molecular formula is C24H34FN3O7. The highest BCUT2D eigenvalue weighted by Crippen LogP contribution is 2.19. The van der Waals surface area contributed by atoms with Gasteiger partial charge in [-0.3, -0.25) is 19.2 Å². The number of benzene rings is 1. The Morgan fingerprint density at radius 2 is 1.57 bits per heavy atom. The number of aliphatic carboxylic acids is 2. The van der Waals surface area contributed by atoms with Crippen molar-refractivity contribution < 1.29 is 38.6 Å². The van der Waals surface area contributed by atoms with Crippen molar-refractivity contribution in [1.82, 2.24) is 10.6 Å². The van der Waals surface area contributed by atoms with Crippen LogP contribution in [-0.4, -0.2) is 63.5 Å². The summed E-state index contributed by atoms with van der Waals surface area (Å²) in [5, 5.41) is 23.0. The highest BCUT2D eigenvalue weighted by atomic mass is 18.2. The third-order valence-electron chi connectivity index (χ3n) is 5.25. The lowest BCUT2D eigenvalue weighted by atomic mass is 9.91. The number of alkyl halides is 1. The second-order valence-electron chi connectivity index (χ2n) is 9.18. The molecule has 0 spiro atoms. The molecule has 0 unspecified atom stereocenters. The van der Waals surface area contributed by atoms with Crippen molar-refractivity contribution >= 4 is 29.5 Å². The Labute approximate surface area is 203 Å². The second-order valence-corrected chi connectivity index (χ2v) is 9.18. The minimum atomic E-state index is -1.84. The molecule has 0 heterocycles. The maximum absolute atomic E-state index is 14.3. The van der Waals surface area contributed by atoms with Crippen LogP contribution in [0.5, 0.6) is 0 Å². The third kappa shape index (κ3) is 11.6.